The molecule has 0 saturated carbocycles. The van der Waals surface area contributed by atoms with Crippen LogP contribution in [0.4, 0.5) is 5.69 Å². The number of amides is 2. The second kappa shape index (κ2) is 6.60. The maximum Gasteiger partial charge on any atom is 0.274 e. The highest BCUT2D eigenvalue weighted by Gasteiger charge is 2.20. The van der Waals surface area contributed by atoms with Crippen LogP contribution in [0.25, 0.3) is 0 Å². The van der Waals surface area contributed by atoms with Gasteiger partial charge < -0.3 is 10.2 Å². The largest absolute Gasteiger partial charge is 0.339 e. The van der Waals surface area contributed by atoms with Crippen LogP contribution < -0.4 is 5.32 Å². The molecule has 5 heteroatoms. The minimum absolute atomic E-state index is 0.0326. The van der Waals surface area contributed by atoms with Crippen LogP contribution in [0, 0.1) is 6.92 Å². The van der Waals surface area contributed by atoms with Gasteiger partial charge in [-0.2, -0.15) is 0 Å². The summed E-state index contributed by atoms with van der Waals surface area (Å²) in [4.78, 5) is 30.7. The molecule has 2 amide bonds. The van der Waals surface area contributed by atoms with Crippen molar-refractivity contribution >= 4 is 17.5 Å². The summed E-state index contributed by atoms with van der Waals surface area (Å²) in [6, 6.07) is 10.8. The minimum atomic E-state index is -0.310. The van der Waals surface area contributed by atoms with Gasteiger partial charge in [-0.3, -0.25) is 14.6 Å². The molecule has 118 valence electrons. The van der Waals surface area contributed by atoms with Crippen LogP contribution in [0.3, 0.4) is 0 Å². The fourth-order valence-corrected chi connectivity index (χ4v) is 2.69. The first-order valence-electron chi connectivity index (χ1n) is 7.77. The molecule has 1 aromatic carbocycles. The van der Waals surface area contributed by atoms with Gasteiger partial charge in [0.15, 0.2) is 0 Å². The molecular weight excluding hydrogens is 290 g/mol. The molecule has 2 heterocycles. The van der Waals surface area contributed by atoms with Crippen molar-refractivity contribution in [2.75, 3.05) is 18.4 Å². The third-order valence-electron chi connectivity index (χ3n) is 4.03. The van der Waals surface area contributed by atoms with Crippen LogP contribution in [0.15, 0.2) is 42.6 Å². The standard InChI is InChI=1S/C18H19N3O2/c1-13-6-2-3-7-15(13)20-17(22)16-12-14(8-9-19-16)18(23)21-10-4-5-11-21/h2-3,6-9,12H,4-5,10-11H2,1H3,(H,20,22). The Morgan fingerprint density at radius 2 is 1.87 bits per heavy atom. The van der Waals surface area contributed by atoms with Gasteiger partial charge in [0.05, 0.1) is 0 Å². The molecule has 1 saturated heterocycles. The molecule has 1 N–H and O–H groups in total. The van der Waals surface area contributed by atoms with E-state index in [1.54, 1.807) is 12.1 Å². The van der Waals surface area contributed by atoms with Gasteiger partial charge in [-0.25, -0.2) is 0 Å². The second-order valence-electron chi connectivity index (χ2n) is 5.70. The Kier molecular flexibility index (Phi) is 4.37. The number of aryl methyl sites for hydroxylation is 1. The molecule has 3 rings (SSSR count). The highest BCUT2D eigenvalue weighted by atomic mass is 16.2. The lowest BCUT2D eigenvalue weighted by atomic mass is 10.1. The van der Waals surface area contributed by atoms with E-state index < -0.39 is 0 Å². The van der Waals surface area contributed by atoms with Crippen LogP contribution in [0.5, 0.6) is 0 Å². The van der Waals surface area contributed by atoms with Crippen molar-refractivity contribution in [3.05, 3.63) is 59.4 Å². The molecule has 23 heavy (non-hydrogen) atoms. The maximum absolute atomic E-state index is 12.4. The monoisotopic (exact) mass is 309 g/mol. The van der Waals surface area contributed by atoms with Crippen LogP contribution >= 0.6 is 0 Å². The Balaban J connectivity index is 1.77. The number of benzene rings is 1. The van der Waals surface area contributed by atoms with E-state index in [0.29, 0.717) is 5.56 Å². The third-order valence-corrected chi connectivity index (χ3v) is 4.03. The summed E-state index contributed by atoms with van der Waals surface area (Å²) >= 11 is 0. The summed E-state index contributed by atoms with van der Waals surface area (Å²) in [5.41, 5.74) is 2.48. The van der Waals surface area contributed by atoms with Crippen molar-refractivity contribution in [2.24, 2.45) is 0 Å². The molecule has 0 aliphatic carbocycles. The SMILES string of the molecule is Cc1ccccc1NC(=O)c1cc(C(=O)N2CCCC2)ccn1. The summed E-state index contributed by atoms with van der Waals surface area (Å²) < 4.78 is 0. The zero-order chi connectivity index (χ0) is 16.2. The molecule has 1 aromatic heterocycles. The van der Waals surface area contributed by atoms with Crippen molar-refractivity contribution in [3.63, 3.8) is 0 Å². The lowest BCUT2D eigenvalue weighted by Crippen LogP contribution is -2.28. The average Bonchev–Trinajstić information content (AvgIpc) is 3.11. The van der Waals surface area contributed by atoms with Crippen LogP contribution in [0.1, 0.15) is 39.3 Å². The van der Waals surface area contributed by atoms with Crippen molar-refractivity contribution in [1.82, 2.24) is 9.88 Å². The van der Waals surface area contributed by atoms with E-state index in [9.17, 15) is 9.59 Å². The second-order valence-corrected chi connectivity index (χ2v) is 5.70. The molecule has 5 nitrogen and oxygen atoms in total. The fraction of sp³-hybridized carbons (Fsp3) is 0.278. The molecule has 2 aromatic rings. The van der Waals surface area contributed by atoms with E-state index in [-0.39, 0.29) is 17.5 Å². The van der Waals surface area contributed by atoms with Crippen LogP contribution in [-0.2, 0) is 0 Å². The minimum Gasteiger partial charge on any atom is -0.339 e. The number of hydrogen-bond donors (Lipinski definition) is 1. The van der Waals surface area contributed by atoms with Gasteiger partial charge in [0.1, 0.15) is 5.69 Å². The fourth-order valence-electron chi connectivity index (χ4n) is 2.69. The van der Waals surface area contributed by atoms with E-state index in [1.165, 1.54) is 6.20 Å². The normalized spacial score (nSPS) is 13.9. The first-order chi connectivity index (χ1) is 11.1. The summed E-state index contributed by atoms with van der Waals surface area (Å²) in [6.07, 6.45) is 3.59. The Morgan fingerprint density at radius 3 is 2.61 bits per heavy atom. The van der Waals surface area contributed by atoms with Crippen molar-refractivity contribution < 1.29 is 9.59 Å². The van der Waals surface area contributed by atoms with Gasteiger partial charge in [-0.05, 0) is 43.5 Å². The van der Waals surface area contributed by atoms with Crippen LogP contribution in [-0.4, -0.2) is 34.8 Å². The number of anilines is 1. The molecule has 0 spiro atoms. The summed E-state index contributed by atoms with van der Waals surface area (Å²) in [5, 5.41) is 2.84. The highest BCUT2D eigenvalue weighted by Crippen LogP contribution is 2.16. The van der Waals surface area contributed by atoms with Gasteiger partial charge in [-0.1, -0.05) is 18.2 Å². The molecule has 0 bridgehead atoms. The number of carbonyl (C=O) groups excluding carboxylic acids is 2. The maximum atomic E-state index is 12.4. The zero-order valence-electron chi connectivity index (χ0n) is 13.1. The Hall–Kier alpha value is -2.69. The summed E-state index contributed by atoms with van der Waals surface area (Å²) in [7, 11) is 0. The van der Waals surface area contributed by atoms with Crippen LogP contribution in [0.2, 0.25) is 0 Å². The molecule has 1 fully saturated rings. The lowest BCUT2D eigenvalue weighted by Gasteiger charge is -2.15. The van der Waals surface area contributed by atoms with E-state index in [1.807, 2.05) is 36.1 Å². The number of aromatic nitrogens is 1. The molecule has 0 atom stereocenters. The molecule has 1 aliphatic rings. The van der Waals surface area contributed by atoms with E-state index in [4.69, 9.17) is 0 Å². The number of carbonyl (C=O) groups is 2. The van der Waals surface area contributed by atoms with E-state index >= 15 is 0 Å². The summed E-state index contributed by atoms with van der Waals surface area (Å²) in [6.45, 7) is 3.49. The number of hydrogen-bond acceptors (Lipinski definition) is 3. The summed E-state index contributed by atoms with van der Waals surface area (Å²) in [5.74, 6) is -0.342. The molecule has 0 radical (unpaired) electrons. The number of pyridine rings is 1. The van der Waals surface area contributed by atoms with Gasteiger partial charge >= 0.3 is 0 Å². The topological polar surface area (TPSA) is 62.3 Å². The van der Waals surface area contributed by atoms with E-state index in [0.717, 1.165) is 37.2 Å². The van der Waals surface area contributed by atoms with Gasteiger partial charge in [0.25, 0.3) is 11.8 Å². The third kappa shape index (κ3) is 3.39. The van der Waals surface area contributed by atoms with Crippen molar-refractivity contribution in [1.29, 1.82) is 0 Å². The average molecular weight is 309 g/mol. The Labute approximate surface area is 135 Å². The number of likely N-dealkylation sites (tertiary alicyclic amines) is 1. The Morgan fingerprint density at radius 1 is 1.13 bits per heavy atom. The smallest absolute Gasteiger partial charge is 0.274 e. The Bertz CT molecular complexity index is 737. The molecule has 1 aliphatic heterocycles. The number of nitrogens with zero attached hydrogens (tertiary/aromatic N) is 2. The first-order valence-corrected chi connectivity index (χ1v) is 7.77. The predicted octanol–water partition coefficient (Wildman–Crippen LogP) is 2.88. The zero-order valence-corrected chi connectivity index (χ0v) is 13.1. The predicted molar refractivity (Wildman–Crippen MR) is 88.5 cm³/mol. The first kappa shape index (κ1) is 15.2. The lowest BCUT2D eigenvalue weighted by molar-refractivity contribution is 0.0792. The van der Waals surface area contributed by atoms with Gasteiger partial charge in [-0.15, -0.1) is 0 Å². The van der Waals surface area contributed by atoms with Gasteiger partial charge in [0.2, 0.25) is 0 Å². The highest BCUT2D eigenvalue weighted by molar-refractivity contribution is 6.05. The van der Waals surface area contributed by atoms with E-state index in [2.05, 4.69) is 10.3 Å². The number of rotatable bonds is 3. The molecule has 0 unspecified atom stereocenters. The van der Waals surface area contributed by atoms with Gasteiger partial charge in [0, 0.05) is 30.5 Å². The number of para-hydroxylation sites is 1. The number of nitrogens with one attached hydrogen (secondary N) is 1. The quantitative estimate of drug-likeness (QED) is 0.948. The van der Waals surface area contributed by atoms with Crippen molar-refractivity contribution in [2.45, 2.75) is 19.8 Å². The molecular formula is C18H19N3O2. The van der Waals surface area contributed by atoms with Crippen molar-refractivity contribution in [3.8, 4) is 0 Å².